The van der Waals surface area contributed by atoms with E-state index in [2.05, 4.69) is 46.8 Å². The lowest BCUT2D eigenvalue weighted by Crippen LogP contribution is -2.26. The molecule has 5 heteroatoms. The van der Waals surface area contributed by atoms with Crippen LogP contribution in [0.5, 0.6) is 5.75 Å². The highest BCUT2D eigenvalue weighted by Crippen LogP contribution is 2.26. The molecule has 5 nitrogen and oxygen atoms in total. The van der Waals surface area contributed by atoms with Crippen LogP contribution in [0.15, 0.2) is 78.9 Å². The van der Waals surface area contributed by atoms with Gasteiger partial charge in [0, 0.05) is 35.2 Å². The van der Waals surface area contributed by atoms with Crippen LogP contribution >= 0.6 is 0 Å². The standard InChI is InChI=1S/C29H31N3O2/c1-21-25(27-19-24(33)14-15-28(27)32-21)16-18-30-20-23-12-5-6-13-26(23)29(34)31-17-8-7-11-22-9-3-2-4-10-22/h2-7,9-15,19,30,32-33H,8,16-18,20H2,1H3,(H,31,34)/b11-7+. The predicted octanol–water partition coefficient (Wildman–Crippen LogP) is 5.35. The second-order valence-corrected chi connectivity index (χ2v) is 8.40. The first-order valence-electron chi connectivity index (χ1n) is 11.7. The van der Waals surface area contributed by atoms with E-state index in [4.69, 9.17) is 0 Å². The lowest BCUT2D eigenvalue weighted by atomic mass is 10.1. The van der Waals surface area contributed by atoms with Gasteiger partial charge in [-0.2, -0.15) is 0 Å². The van der Waals surface area contributed by atoms with Gasteiger partial charge in [0.25, 0.3) is 5.91 Å². The molecule has 0 spiro atoms. The van der Waals surface area contributed by atoms with Crippen molar-refractivity contribution in [3.63, 3.8) is 0 Å². The Hall–Kier alpha value is -3.83. The van der Waals surface area contributed by atoms with Crippen molar-refractivity contribution in [2.45, 2.75) is 26.3 Å². The van der Waals surface area contributed by atoms with Crippen LogP contribution in [0.2, 0.25) is 0 Å². The number of rotatable bonds is 10. The van der Waals surface area contributed by atoms with Gasteiger partial charge in [0.2, 0.25) is 0 Å². The molecule has 0 atom stereocenters. The molecule has 0 aliphatic heterocycles. The van der Waals surface area contributed by atoms with Crippen LogP contribution in [0.3, 0.4) is 0 Å². The van der Waals surface area contributed by atoms with Crippen LogP contribution in [-0.4, -0.2) is 29.1 Å². The second kappa shape index (κ2) is 11.3. The molecular formula is C29H31N3O2. The molecule has 0 fully saturated rings. The van der Waals surface area contributed by atoms with E-state index in [9.17, 15) is 9.90 Å². The van der Waals surface area contributed by atoms with Crippen molar-refractivity contribution in [2.24, 2.45) is 0 Å². The molecule has 174 valence electrons. The van der Waals surface area contributed by atoms with E-state index in [0.29, 0.717) is 18.7 Å². The van der Waals surface area contributed by atoms with Gasteiger partial charge in [0.15, 0.2) is 0 Å². The van der Waals surface area contributed by atoms with Crippen molar-refractivity contribution in [3.8, 4) is 5.75 Å². The molecule has 1 amide bonds. The van der Waals surface area contributed by atoms with Crippen molar-refractivity contribution in [2.75, 3.05) is 13.1 Å². The largest absolute Gasteiger partial charge is 0.508 e. The predicted molar refractivity (Wildman–Crippen MR) is 139 cm³/mol. The maximum absolute atomic E-state index is 12.8. The van der Waals surface area contributed by atoms with Gasteiger partial charge in [-0.25, -0.2) is 0 Å². The molecule has 0 bridgehead atoms. The van der Waals surface area contributed by atoms with Crippen molar-refractivity contribution < 1.29 is 9.90 Å². The van der Waals surface area contributed by atoms with E-state index in [1.165, 1.54) is 5.56 Å². The van der Waals surface area contributed by atoms with Gasteiger partial charge in [-0.1, -0.05) is 60.7 Å². The number of carbonyl (C=O) groups is 1. The number of fused-ring (bicyclic) bond motifs is 1. The molecule has 0 aliphatic carbocycles. The van der Waals surface area contributed by atoms with Gasteiger partial charge in [0.1, 0.15) is 5.75 Å². The van der Waals surface area contributed by atoms with Gasteiger partial charge in [0.05, 0.1) is 0 Å². The normalized spacial score (nSPS) is 11.3. The van der Waals surface area contributed by atoms with E-state index in [1.807, 2.05) is 54.6 Å². The number of aromatic nitrogens is 1. The number of benzene rings is 3. The Kier molecular flexibility index (Phi) is 7.79. The van der Waals surface area contributed by atoms with Crippen molar-refractivity contribution in [1.82, 2.24) is 15.6 Å². The molecular weight excluding hydrogens is 422 g/mol. The van der Waals surface area contributed by atoms with Crippen molar-refractivity contribution in [1.29, 1.82) is 0 Å². The van der Waals surface area contributed by atoms with Crippen LogP contribution in [-0.2, 0) is 13.0 Å². The van der Waals surface area contributed by atoms with E-state index < -0.39 is 0 Å². The number of hydrogen-bond donors (Lipinski definition) is 4. The van der Waals surface area contributed by atoms with E-state index in [0.717, 1.165) is 47.1 Å². The number of H-pyrrole nitrogens is 1. The number of aryl methyl sites for hydroxylation is 1. The fourth-order valence-corrected chi connectivity index (χ4v) is 4.17. The average Bonchev–Trinajstić information content (AvgIpc) is 3.16. The second-order valence-electron chi connectivity index (χ2n) is 8.40. The topological polar surface area (TPSA) is 77.2 Å². The minimum Gasteiger partial charge on any atom is -0.508 e. The zero-order valence-corrected chi connectivity index (χ0v) is 19.5. The SMILES string of the molecule is Cc1[nH]c2ccc(O)cc2c1CCNCc1ccccc1C(=O)NCC/C=C/c1ccccc1. The van der Waals surface area contributed by atoms with E-state index >= 15 is 0 Å². The molecule has 0 unspecified atom stereocenters. The highest BCUT2D eigenvalue weighted by molar-refractivity contribution is 5.95. The third-order valence-electron chi connectivity index (χ3n) is 5.94. The van der Waals surface area contributed by atoms with Crippen LogP contribution < -0.4 is 10.6 Å². The number of phenols is 1. The minimum atomic E-state index is -0.0477. The summed E-state index contributed by atoms with van der Waals surface area (Å²) in [5, 5.41) is 17.4. The first-order valence-corrected chi connectivity index (χ1v) is 11.7. The van der Waals surface area contributed by atoms with Crippen LogP contribution in [0, 0.1) is 6.92 Å². The summed E-state index contributed by atoms with van der Waals surface area (Å²) in [5.74, 6) is 0.227. The fraction of sp³-hybridized carbons (Fsp3) is 0.207. The van der Waals surface area contributed by atoms with Crippen molar-refractivity contribution >= 4 is 22.9 Å². The maximum Gasteiger partial charge on any atom is 0.251 e. The summed E-state index contributed by atoms with van der Waals surface area (Å²) < 4.78 is 0. The lowest BCUT2D eigenvalue weighted by Gasteiger charge is -2.11. The Morgan fingerprint density at radius 2 is 1.79 bits per heavy atom. The molecule has 0 saturated carbocycles. The molecule has 0 radical (unpaired) electrons. The zero-order valence-electron chi connectivity index (χ0n) is 19.5. The number of hydrogen-bond acceptors (Lipinski definition) is 3. The summed E-state index contributed by atoms with van der Waals surface area (Å²) in [4.78, 5) is 16.1. The van der Waals surface area contributed by atoms with Crippen molar-refractivity contribution in [3.05, 3.63) is 107 Å². The Morgan fingerprint density at radius 1 is 1.00 bits per heavy atom. The summed E-state index contributed by atoms with van der Waals surface area (Å²) in [6, 6.07) is 23.3. The van der Waals surface area contributed by atoms with E-state index in [1.54, 1.807) is 6.07 Å². The molecule has 1 heterocycles. The molecule has 34 heavy (non-hydrogen) atoms. The number of amides is 1. The van der Waals surface area contributed by atoms with Crippen LogP contribution in [0.4, 0.5) is 0 Å². The summed E-state index contributed by atoms with van der Waals surface area (Å²) in [7, 11) is 0. The van der Waals surface area contributed by atoms with Gasteiger partial charge in [-0.3, -0.25) is 4.79 Å². The Labute approximate surface area is 200 Å². The van der Waals surface area contributed by atoms with Crippen LogP contribution in [0.1, 0.15) is 39.2 Å². The molecule has 3 aromatic carbocycles. The number of phenolic OH excluding ortho intramolecular Hbond substituents is 1. The van der Waals surface area contributed by atoms with Gasteiger partial charge < -0.3 is 20.7 Å². The molecule has 0 saturated heterocycles. The van der Waals surface area contributed by atoms with Gasteiger partial charge in [-0.15, -0.1) is 0 Å². The summed E-state index contributed by atoms with van der Waals surface area (Å²) in [6.45, 7) is 4.03. The average molecular weight is 454 g/mol. The summed E-state index contributed by atoms with van der Waals surface area (Å²) in [6.07, 6.45) is 5.76. The molecule has 4 rings (SSSR count). The Morgan fingerprint density at radius 3 is 2.65 bits per heavy atom. The maximum atomic E-state index is 12.8. The smallest absolute Gasteiger partial charge is 0.251 e. The molecule has 1 aromatic heterocycles. The number of aromatic hydroxyl groups is 1. The highest BCUT2D eigenvalue weighted by Gasteiger charge is 2.11. The quantitative estimate of drug-likeness (QED) is 0.245. The third-order valence-corrected chi connectivity index (χ3v) is 5.94. The summed E-state index contributed by atoms with van der Waals surface area (Å²) in [5.41, 5.74) is 6.19. The monoisotopic (exact) mass is 453 g/mol. The number of aromatic amines is 1. The summed E-state index contributed by atoms with van der Waals surface area (Å²) >= 11 is 0. The number of carbonyl (C=O) groups excluding carboxylic acids is 1. The fourth-order valence-electron chi connectivity index (χ4n) is 4.17. The zero-order chi connectivity index (χ0) is 23.8. The van der Waals surface area contributed by atoms with Gasteiger partial charge in [-0.05, 0) is 67.3 Å². The highest BCUT2D eigenvalue weighted by atomic mass is 16.3. The lowest BCUT2D eigenvalue weighted by molar-refractivity contribution is 0.0953. The third kappa shape index (κ3) is 5.94. The molecule has 0 aliphatic rings. The van der Waals surface area contributed by atoms with Gasteiger partial charge >= 0.3 is 0 Å². The van der Waals surface area contributed by atoms with E-state index in [-0.39, 0.29) is 11.7 Å². The van der Waals surface area contributed by atoms with Crippen LogP contribution in [0.25, 0.3) is 17.0 Å². The Bertz CT molecular complexity index is 1280. The Balaban J connectivity index is 1.28. The molecule has 4 N–H and O–H groups in total. The molecule has 4 aromatic rings. The first-order chi connectivity index (χ1) is 16.6. The minimum absolute atomic E-state index is 0.0477. The number of nitrogens with one attached hydrogen (secondary N) is 3. The first kappa shape index (κ1) is 23.3.